The fourth-order valence-corrected chi connectivity index (χ4v) is 4.33. The topological polar surface area (TPSA) is 83.8 Å². The average Bonchev–Trinajstić information content (AvgIpc) is 3.38. The van der Waals surface area contributed by atoms with Crippen molar-refractivity contribution in [2.75, 3.05) is 5.73 Å². The molecule has 0 bridgehead atoms. The van der Waals surface area contributed by atoms with Gasteiger partial charge >= 0.3 is 0 Å². The van der Waals surface area contributed by atoms with Gasteiger partial charge in [-0.25, -0.2) is 9.37 Å². The van der Waals surface area contributed by atoms with Crippen molar-refractivity contribution in [1.29, 1.82) is 0 Å². The van der Waals surface area contributed by atoms with Crippen molar-refractivity contribution >= 4 is 21.7 Å². The summed E-state index contributed by atoms with van der Waals surface area (Å²) in [5, 5.41) is 9.17. The highest BCUT2D eigenvalue weighted by Gasteiger charge is 2.23. The van der Waals surface area contributed by atoms with Crippen molar-refractivity contribution in [3.8, 4) is 17.0 Å². The lowest BCUT2D eigenvalue weighted by molar-refractivity contribution is 0.227. The minimum atomic E-state index is -1.67. The molecule has 0 spiro atoms. The Kier molecular flexibility index (Phi) is 5.78. The van der Waals surface area contributed by atoms with Gasteiger partial charge in [0.15, 0.2) is 11.6 Å². The number of ether oxygens (including phenoxy) is 1. The summed E-state index contributed by atoms with van der Waals surface area (Å²) in [6.45, 7) is 2.50. The van der Waals surface area contributed by atoms with E-state index in [9.17, 15) is 4.39 Å². The normalized spacial score (nSPS) is 15.7. The Morgan fingerprint density at radius 2 is 2.12 bits per heavy atom. The minimum absolute atomic E-state index is 0.145. The third-order valence-electron chi connectivity index (χ3n) is 5.86. The average molecular weight is 526 g/mol. The molecule has 4 aromatic rings. The van der Waals surface area contributed by atoms with Crippen molar-refractivity contribution in [2.45, 2.75) is 38.8 Å². The number of hydrogen-bond donors (Lipinski definition) is 1. The third kappa shape index (κ3) is 4.99. The molecule has 0 radical (unpaired) electrons. The van der Waals surface area contributed by atoms with Crippen LogP contribution in [0.5, 0.6) is 5.75 Å². The number of nitrogens with zero attached hydrogens (tertiary/aromatic N) is 5. The molecule has 1 aliphatic rings. The standard InChI is InChI=1S/C25H26BrFN6O/c1-15(34-23-8-19(26)11-29-25(23)28)22-9-20(27)5-6-21(22)24-18(14-32(2)31-24)7-17-10-30-33(13-17)12-16-3-4-16/h5-6,8-11,13-16H,3-4,7,12H2,1-2H3,(H2,28,29)/i15D. The number of anilines is 1. The van der Waals surface area contributed by atoms with E-state index in [1.54, 1.807) is 29.9 Å². The van der Waals surface area contributed by atoms with E-state index in [4.69, 9.17) is 11.8 Å². The molecule has 1 aliphatic carbocycles. The molecule has 2 N–H and O–H groups in total. The number of pyridine rings is 1. The lowest BCUT2D eigenvalue weighted by Crippen LogP contribution is -2.08. The summed E-state index contributed by atoms with van der Waals surface area (Å²) in [4.78, 5) is 4.07. The molecular formula is C25H26BrFN6O. The van der Waals surface area contributed by atoms with E-state index in [1.165, 1.54) is 25.0 Å². The first-order valence-corrected chi connectivity index (χ1v) is 11.9. The number of nitrogen functional groups attached to an aromatic ring is 1. The first kappa shape index (κ1) is 21.3. The molecule has 5 rings (SSSR count). The van der Waals surface area contributed by atoms with Gasteiger partial charge in [-0.2, -0.15) is 10.2 Å². The molecular weight excluding hydrogens is 499 g/mol. The first-order chi connectivity index (χ1) is 16.7. The number of aryl methyl sites for hydroxylation is 1. The number of benzene rings is 1. The predicted octanol–water partition coefficient (Wildman–Crippen LogP) is 5.30. The van der Waals surface area contributed by atoms with Crippen LogP contribution in [0, 0.1) is 11.7 Å². The number of hydrogen-bond acceptors (Lipinski definition) is 5. The van der Waals surface area contributed by atoms with E-state index in [1.807, 2.05) is 24.1 Å². The van der Waals surface area contributed by atoms with Gasteiger partial charge in [0.05, 0.1) is 13.3 Å². The number of rotatable bonds is 8. The lowest BCUT2D eigenvalue weighted by atomic mass is 9.96. The van der Waals surface area contributed by atoms with Gasteiger partial charge in [0.2, 0.25) is 0 Å². The van der Waals surface area contributed by atoms with Crippen molar-refractivity contribution in [2.24, 2.45) is 13.0 Å². The van der Waals surface area contributed by atoms with Crippen LogP contribution in [-0.2, 0) is 20.0 Å². The minimum Gasteiger partial charge on any atom is -0.482 e. The summed E-state index contributed by atoms with van der Waals surface area (Å²) < 4.78 is 33.8. The molecule has 34 heavy (non-hydrogen) atoms. The zero-order valence-electron chi connectivity index (χ0n) is 20.0. The number of halogens is 2. The van der Waals surface area contributed by atoms with Gasteiger partial charge < -0.3 is 10.5 Å². The maximum absolute atomic E-state index is 14.4. The fraction of sp³-hybridized carbons (Fsp3) is 0.320. The van der Waals surface area contributed by atoms with E-state index in [-0.39, 0.29) is 11.6 Å². The molecule has 0 aliphatic heterocycles. The van der Waals surface area contributed by atoms with Crippen molar-refractivity contribution in [3.05, 3.63) is 76.0 Å². The lowest BCUT2D eigenvalue weighted by Gasteiger charge is -2.19. The van der Waals surface area contributed by atoms with Crippen molar-refractivity contribution in [1.82, 2.24) is 24.5 Å². The molecule has 176 valence electrons. The Balaban J connectivity index is 1.50. The summed E-state index contributed by atoms with van der Waals surface area (Å²) in [6.07, 6.45) is 8.92. The van der Waals surface area contributed by atoms with Crippen LogP contribution in [0.1, 0.15) is 43.9 Å². The Labute approximate surface area is 207 Å². The van der Waals surface area contributed by atoms with Crippen LogP contribution in [0.15, 0.2) is 53.5 Å². The second-order valence-electron chi connectivity index (χ2n) is 8.75. The van der Waals surface area contributed by atoms with Crippen LogP contribution in [0.4, 0.5) is 10.2 Å². The van der Waals surface area contributed by atoms with E-state index < -0.39 is 11.9 Å². The summed E-state index contributed by atoms with van der Waals surface area (Å²) in [5.41, 5.74) is 9.60. The van der Waals surface area contributed by atoms with Crippen molar-refractivity contribution in [3.63, 3.8) is 0 Å². The molecule has 0 amide bonds. The van der Waals surface area contributed by atoms with Crippen LogP contribution in [0.2, 0.25) is 0 Å². The SMILES string of the molecule is [2H]C(C)(Oc1cc(Br)cnc1N)c1cc(F)ccc1-c1nn(C)cc1Cc1cnn(CC2CC2)c1. The number of nitrogens with two attached hydrogens (primary N) is 1. The van der Waals surface area contributed by atoms with Gasteiger partial charge in [-0.05, 0) is 71.4 Å². The second kappa shape index (κ2) is 9.21. The van der Waals surface area contributed by atoms with Gasteiger partial charge in [0.1, 0.15) is 11.9 Å². The highest BCUT2D eigenvalue weighted by atomic mass is 79.9. The quantitative estimate of drug-likeness (QED) is 0.337. The fourth-order valence-electron chi connectivity index (χ4n) is 4.02. The molecule has 7 nitrogen and oxygen atoms in total. The van der Waals surface area contributed by atoms with E-state index in [2.05, 4.69) is 37.3 Å². The van der Waals surface area contributed by atoms with E-state index >= 15 is 0 Å². The summed E-state index contributed by atoms with van der Waals surface area (Å²) in [5.74, 6) is 0.649. The van der Waals surface area contributed by atoms with Crippen LogP contribution in [0.3, 0.4) is 0 Å². The molecule has 3 heterocycles. The Bertz CT molecular complexity index is 1380. The zero-order valence-corrected chi connectivity index (χ0v) is 20.6. The monoisotopic (exact) mass is 525 g/mol. The molecule has 9 heteroatoms. The Morgan fingerprint density at radius 1 is 1.29 bits per heavy atom. The predicted molar refractivity (Wildman–Crippen MR) is 132 cm³/mol. The number of aromatic nitrogens is 5. The van der Waals surface area contributed by atoms with Crippen molar-refractivity contribution < 1.29 is 10.5 Å². The highest BCUT2D eigenvalue weighted by molar-refractivity contribution is 9.10. The summed E-state index contributed by atoms with van der Waals surface area (Å²) in [7, 11) is 1.84. The molecule has 1 atom stereocenters. The Morgan fingerprint density at radius 3 is 2.91 bits per heavy atom. The Hall–Kier alpha value is -3.20. The van der Waals surface area contributed by atoms with Gasteiger partial charge in [0.25, 0.3) is 0 Å². The summed E-state index contributed by atoms with van der Waals surface area (Å²) >= 11 is 3.35. The maximum atomic E-state index is 14.4. The maximum Gasteiger partial charge on any atom is 0.166 e. The largest absolute Gasteiger partial charge is 0.482 e. The van der Waals surface area contributed by atoms with Crippen LogP contribution in [-0.4, -0.2) is 24.5 Å². The molecule has 1 aromatic carbocycles. The highest BCUT2D eigenvalue weighted by Crippen LogP contribution is 2.35. The zero-order chi connectivity index (χ0) is 24.7. The van der Waals surface area contributed by atoms with Crippen LogP contribution in [0.25, 0.3) is 11.3 Å². The van der Waals surface area contributed by atoms with Crippen LogP contribution < -0.4 is 10.5 Å². The molecule has 1 fully saturated rings. The van der Waals surface area contributed by atoms with Gasteiger partial charge in [-0.15, -0.1) is 0 Å². The third-order valence-corrected chi connectivity index (χ3v) is 6.29. The molecule has 0 saturated heterocycles. The molecule has 1 unspecified atom stereocenters. The second-order valence-corrected chi connectivity index (χ2v) is 9.67. The molecule has 1 saturated carbocycles. The van der Waals surface area contributed by atoms with E-state index in [0.29, 0.717) is 27.7 Å². The smallest absolute Gasteiger partial charge is 0.166 e. The van der Waals surface area contributed by atoms with Gasteiger partial charge in [-0.3, -0.25) is 9.36 Å². The van der Waals surface area contributed by atoms with Gasteiger partial charge in [-0.1, -0.05) is 0 Å². The van der Waals surface area contributed by atoms with Gasteiger partial charge in [0, 0.05) is 59.8 Å². The van der Waals surface area contributed by atoms with E-state index in [0.717, 1.165) is 23.6 Å². The first-order valence-electron chi connectivity index (χ1n) is 11.6. The molecule has 3 aromatic heterocycles. The van der Waals surface area contributed by atoms with Crippen LogP contribution >= 0.6 is 15.9 Å². The summed E-state index contributed by atoms with van der Waals surface area (Å²) in [6, 6.07) is 5.97.